The number of fused-ring (bicyclic) bond motifs is 1. The molecule has 1 heterocycles. The normalized spacial score (nSPS) is 38.9. The van der Waals surface area contributed by atoms with Crippen LogP contribution in [0.25, 0.3) is 0 Å². The second kappa shape index (κ2) is 14.8. The molecule has 0 radical (unpaired) electrons. The van der Waals surface area contributed by atoms with Gasteiger partial charge in [-0.2, -0.15) is 0 Å². The van der Waals surface area contributed by atoms with E-state index in [2.05, 4.69) is 40.0 Å². The molecular weight excluding hydrogens is 663 g/mol. The first-order valence-corrected chi connectivity index (χ1v) is 18.8. The van der Waals surface area contributed by atoms with Gasteiger partial charge in [0.15, 0.2) is 5.79 Å². The molecule has 2 saturated carbocycles. The Morgan fingerprint density at radius 1 is 0.933 bits per heavy atom. The van der Waals surface area contributed by atoms with Crippen molar-refractivity contribution in [2.75, 3.05) is 26.4 Å². The van der Waals surface area contributed by atoms with Crippen LogP contribution in [0.5, 0.6) is 0 Å². The van der Waals surface area contributed by atoms with Crippen LogP contribution in [0.1, 0.15) is 26.7 Å². The molecule has 30 heavy (non-hydrogen) atoms. The summed E-state index contributed by atoms with van der Waals surface area (Å²) < 4.78 is 22.1. The minimum atomic E-state index is -0.702. The average molecular weight is 698 g/mol. The zero-order valence-electron chi connectivity index (χ0n) is 17.3. The molecule has 0 aromatic rings. The molecule has 0 aromatic heterocycles. The Bertz CT molecular complexity index is 487. The topological polar surface area (TPSA) is 176 Å². The number of rotatable bonds is 6. The second-order valence-corrected chi connectivity index (χ2v) is 19.6. The van der Waals surface area contributed by atoms with Crippen LogP contribution in [0.3, 0.4) is 0 Å². The van der Waals surface area contributed by atoms with Crippen molar-refractivity contribution in [2.24, 2.45) is 17.2 Å². The second-order valence-electron chi connectivity index (χ2n) is 7.76. The molecule has 1 saturated heterocycles. The fraction of sp³-hybridized carbons (Fsp3) is 1.00. The van der Waals surface area contributed by atoms with Gasteiger partial charge >= 0.3 is 49.4 Å². The molecule has 13 heteroatoms. The Kier molecular flexibility index (Phi) is 14.6. The van der Waals surface area contributed by atoms with Crippen LogP contribution in [0.4, 0.5) is 0 Å². The van der Waals surface area contributed by atoms with Crippen LogP contribution in [-0.2, 0) is 28.4 Å². The molecule has 8 atom stereocenters. The first kappa shape index (κ1) is 29.7. The van der Waals surface area contributed by atoms with Gasteiger partial charge < -0.3 is 51.5 Å². The predicted octanol–water partition coefficient (Wildman–Crippen LogP) is -0.833. The molecule has 10 nitrogen and oxygen atoms in total. The van der Waals surface area contributed by atoms with E-state index < -0.39 is 17.9 Å². The van der Waals surface area contributed by atoms with Crippen molar-refractivity contribution in [3.05, 3.63) is 0 Å². The Morgan fingerprint density at radius 2 is 1.40 bits per heavy atom. The standard InChI is InChI=1S/C10H19NO4.C7H16N2O3.2HI.V/c1-10(2)14-8-6(11)5-7(9(8)15-10)13-4-3-12;8-4-3-5(12-2-1-10)7(11)6(4)9;;;/h6-9,12H,3-5,11H2,1-2H3;4-7,10-11H,1-3,8-9H2;2*1H;/q;;;;+2/p-2/t6-,7+,8+,9-;4-,5+,6+,7-;;;/m11.../s1. The zero-order chi connectivity index (χ0) is 22.9. The van der Waals surface area contributed by atoms with E-state index >= 15 is 0 Å². The molecule has 9 N–H and O–H groups in total. The summed E-state index contributed by atoms with van der Waals surface area (Å²) in [6.07, 6.45) is 0.0335. The molecule has 3 fully saturated rings. The van der Waals surface area contributed by atoms with Gasteiger partial charge in [-0.15, -0.1) is 0 Å². The van der Waals surface area contributed by atoms with Crippen molar-refractivity contribution in [3.8, 4) is 0 Å². The fourth-order valence-electron chi connectivity index (χ4n) is 3.78. The summed E-state index contributed by atoms with van der Waals surface area (Å²) in [5.41, 5.74) is 17.1. The van der Waals surface area contributed by atoms with E-state index in [0.717, 1.165) is 6.42 Å². The van der Waals surface area contributed by atoms with E-state index in [1.807, 2.05) is 13.8 Å². The van der Waals surface area contributed by atoms with Crippen molar-refractivity contribution in [2.45, 2.75) is 81.1 Å². The van der Waals surface area contributed by atoms with Crippen molar-refractivity contribution >= 4 is 40.0 Å². The van der Waals surface area contributed by atoms with Crippen molar-refractivity contribution in [3.63, 3.8) is 0 Å². The average Bonchev–Trinajstić information content (AvgIpc) is 3.25. The van der Waals surface area contributed by atoms with Crippen LogP contribution in [0.15, 0.2) is 0 Å². The molecule has 1 aliphatic heterocycles. The van der Waals surface area contributed by atoms with Crippen LogP contribution in [0.2, 0.25) is 0 Å². The van der Waals surface area contributed by atoms with Crippen LogP contribution in [-0.4, -0.2) is 96.2 Å². The van der Waals surface area contributed by atoms with E-state index in [9.17, 15) is 5.11 Å². The SMILES string of the molecule is CC1(C)O[C@@H]2[C@H](O1)[C@@H](OCCO)C[C@H]2N.N[C@@H]1[C@H](O)[C@@H](OCCO)C[C@H]1N.[I][V][I]. The molecule has 0 bridgehead atoms. The van der Waals surface area contributed by atoms with Gasteiger partial charge in [-0.1, -0.05) is 0 Å². The summed E-state index contributed by atoms with van der Waals surface area (Å²) in [6.45, 7) is 4.27. The Labute approximate surface area is 207 Å². The summed E-state index contributed by atoms with van der Waals surface area (Å²) in [5, 5.41) is 26.6. The van der Waals surface area contributed by atoms with Crippen molar-refractivity contribution in [1.29, 1.82) is 0 Å². The van der Waals surface area contributed by atoms with Crippen LogP contribution in [0, 0.1) is 0 Å². The van der Waals surface area contributed by atoms with Crippen molar-refractivity contribution in [1.82, 2.24) is 0 Å². The summed E-state index contributed by atoms with van der Waals surface area (Å²) in [7, 11) is 0.628. The summed E-state index contributed by atoms with van der Waals surface area (Å²) in [6, 6.07) is -0.655. The van der Waals surface area contributed by atoms with Gasteiger partial charge in [0.2, 0.25) is 0 Å². The third-order valence-corrected chi connectivity index (χ3v) is 5.08. The van der Waals surface area contributed by atoms with Gasteiger partial charge in [0.1, 0.15) is 12.2 Å². The van der Waals surface area contributed by atoms with Gasteiger partial charge in [0.05, 0.1) is 44.7 Å². The fourth-order valence-corrected chi connectivity index (χ4v) is 3.78. The first-order chi connectivity index (χ1) is 14.1. The minimum absolute atomic E-state index is 0.0212. The van der Waals surface area contributed by atoms with Crippen LogP contribution < -0.4 is 17.2 Å². The Balaban J connectivity index is 0.000000271. The summed E-state index contributed by atoms with van der Waals surface area (Å²) >= 11 is 4.74. The van der Waals surface area contributed by atoms with E-state index in [1.165, 1.54) is 0 Å². The third-order valence-electron chi connectivity index (χ3n) is 5.08. The number of nitrogens with two attached hydrogens (primary N) is 3. The number of ether oxygens (including phenoxy) is 4. The molecule has 0 unspecified atom stereocenters. The number of hydrogen-bond donors (Lipinski definition) is 6. The summed E-state index contributed by atoms with van der Waals surface area (Å²) in [5.74, 6) is -0.575. The van der Waals surface area contributed by atoms with Crippen molar-refractivity contribution < 1.29 is 43.7 Å². The number of halogens is 2. The monoisotopic (exact) mass is 698 g/mol. The molecule has 3 rings (SSSR count). The van der Waals surface area contributed by atoms with E-state index in [0.29, 0.717) is 22.5 Å². The Morgan fingerprint density at radius 3 is 1.87 bits per heavy atom. The molecule has 3 aliphatic rings. The quantitative estimate of drug-likeness (QED) is 0.192. The molecule has 0 aromatic carbocycles. The zero-order valence-corrected chi connectivity index (χ0v) is 23.0. The number of aliphatic hydroxyl groups is 3. The van der Waals surface area contributed by atoms with E-state index in [4.69, 9.17) is 46.4 Å². The molecule has 0 amide bonds. The number of aliphatic hydroxyl groups excluding tert-OH is 3. The van der Waals surface area contributed by atoms with E-state index in [1.54, 1.807) is 0 Å². The molecule has 2 aliphatic carbocycles. The third kappa shape index (κ3) is 9.12. The molecule has 0 spiro atoms. The molecule has 179 valence electrons. The van der Waals surface area contributed by atoms with E-state index in [-0.39, 0.29) is 56.3 Å². The first-order valence-electron chi connectivity index (χ1n) is 9.79. The predicted molar refractivity (Wildman–Crippen MR) is 125 cm³/mol. The number of hydrogen-bond acceptors (Lipinski definition) is 10. The van der Waals surface area contributed by atoms with Gasteiger partial charge in [-0.3, -0.25) is 0 Å². The van der Waals surface area contributed by atoms with Gasteiger partial charge in [0, 0.05) is 18.1 Å². The Hall–Kier alpha value is 1.64. The van der Waals surface area contributed by atoms with Gasteiger partial charge in [-0.05, 0) is 26.7 Å². The maximum absolute atomic E-state index is 9.44. The maximum atomic E-state index is 9.44. The van der Waals surface area contributed by atoms with Crippen LogP contribution >= 0.6 is 40.0 Å². The van der Waals surface area contributed by atoms with Gasteiger partial charge in [-0.25, -0.2) is 0 Å². The molecular formula is C17H35I2N3O7V. The summed E-state index contributed by atoms with van der Waals surface area (Å²) in [4.78, 5) is 0. The van der Waals surface area contributed by atoms with Gasteiger partial charge in [0.25, 0.3) is 0 Å².